The van der Waals surface area contributed by atoms with Crippen molar-refractivity contribution in [3.05, 3.63) is 62.5 Å². The molecule has 0 amide bonds. The van der Waals surface area contributed by atoms with Gasteiger partial charge in [0.1, 0.15) is 10.7 Å². The Balaban J connectivity index is 1.98. The fraction of sp³-hybridized carbons (Fsp3) is 0.391. The number of hydrogen-bond donors (Lipinski definition) is 0. The van der Waals surface area contributed by atoms with Crippen LogP contribution < -0.4 is 5.56 Å². The van der Waals surface area contributed by atoms with Gasteiger partial charge in [0, 0.05) is 4.88 Å². The highest BCUT2D eigenvalue weighted by Gasteiger charge is 2.35. The SMILES string of the molecule is CCOC(=O)C1CCCc2sc3nc(C)n(C(C(=O)OC)c4ccccc4)c(=O)c3c21. The summed E-state index contributed by atoms with van der Waals surface area (Å²) in [5.74, 6) is -0.940. The third-order valence-corrected chi connectivity index (χ3v) is 6.82. The summed E-state index contributed by atoms with van der Waals surface area (Å²) in [6.07, 6.45) is 2.28. The average Bonchev–Trinajstić information content (AvgIpc) is 3.15. The van der Waals surface area contributed by atoms with Gasteiger partial charge in [-0.05, 0) is 44.2 Å². The summed E-state index contributed by atoms with van der Waals surface area (Å²) >= 11 is 1.45. The Morgan fingerprint density at radius 3 is 2.71 bits per heavy atom. The van der Waals surface area contributed by atoms with E-state index in [1.165, 1.54) is 23.0 Å². The van der Waals surface area contributed by atoms with Crippen LogP contribution in [0.5, 0.6) is 0 Å². The maximum absolute atomic E-state index is 13.8. The number of carbonyl (C=O) groups excluding carboxylic acids is 2. The fourth-order valence-electron chi connectivity index (χ4n) is 4.32. The normalized spacial score (nSPS) is 16.5. The molecule has 0 spiro atoms. The molecule has 1 aromatic carbocycles. The van der Waals surface area contributed by atoms with E-state index in [9.17, 15) is 14.4 Å². The number of nitrogens with zero attached hydrogens (tertiary/aromatic N) is 2. The summed E-state index contributed by atoms with van der Waals surface area (Å²) < 4.78 is 11.7. The van der Waals surface area contributed by atoms with Crippen LogP contribution in [0, 0.1) is 6.92 Å². The number of rotatable bonds is 5. The van der Waals surface area contributed by atoms with Gasteiger partial charge in [-0.1, -0.05) is 30.3 Å². The van der Waals surface area contributed by atoms with Crippen LogP contribution in [0.3, 0.4) is 0 Å². The molecule has 31 heavy (non-hydrogen) atoms. The van der Waals surface area contributed by atoms with E-state index in [0.29, 0.717) is 33.6 Å². The number of methoxy groups -OCH3 is 1. The molecule has 3 aromatic rings. The molecule has 0 aliphatic heterocycles. The minimum Gasteiger partial charge on any atom is -0.467 e. The first-order valence-electron chi connectivity index (χ1n) is 10.3. The number of aryl methyl sites for hydroxylation is 2. The first-order chi connectivity index (χ1) is 15.0. The third kappa shape index (κ3) is 3.65. The number of benzene rings is 1. The van der Waals surface area contributed by atoms with Gasteiger partial charge in [-0.25, -0.2) is 9.78 Å². The van der Waals surface area contributed by atoms with Crippen molar-refractivity contribution < 1.29 is 19.1 Å². The molecule has 4 rings (SSSR count). The van der Waals surface area contributed by atoms with Gasteiger partial charge < -0.3 is 9.47 Å². The highest BCUT2D eigenvalue weighted by molar-refractivity contribution is 7.18. The van der Waals surface area contributed by atoms with Crippen LogP contribution in [-0.4, -0.2) is 35.2 Å². The Bertz CT molecular complexity index is 1200. The van der Waals surface area contributed by atoms with Gasteiger partial charge in [-0.3, -0.25) is 14.2 Å². The zero-order valence-electron chi connectivity index (χ0n) is 17.7. The molecular formula is C23H24N2O5S. The van der Waals surface area contributed by atoms with E-state index in [4.69, 9.17) is 9.47 Å². The summed E-state index contributed by atoms with van der Waals surface area (Å²) in [6.45, 7) is 3.76. The lowest BCUT2D eigenvalue weighted by atomic mass is 9.86. The van der Waals surface area contributed by atoms with Crippen LogP contribution in [0.25, 0.3) is 10.2 Å². The van der Waals surface area contributed by atoms with Crippen LogP contribution in [0.15, 0.2) is 35.1 Å². The molecule has 0 radical (unpaired) electrons. The molecule has 0 N–H and O–H groups in total. The quantitative estimate of drug-likeness (QED) is 0.564. The van der Waals surface area contributed by atoms with E-state index < -0.39 is 17.9 Å². The van der Waals surface area contributed by atoms with Crippen LogP contribution in [-0.2, 0) is 25.5 Å². The molecule has 0 fully saturated rings. The fourth-order valence-corrected chi connectivity index (χ4v) is 5.63. The summed E-state index contributed by atoms with van der Waals surface area (Å²) in [5, 5.41) is 0.410. The molecule has 2 heterocycles. The maximum atomic E-state index is 13.8. The second-order valence-corrected chi connectivity index (χ2v) is 8.57. The molecule has 1 aliphatic carbocycles. The van der Waals surface area contributed by atoms with Crippen molar-refractivity contribution in [2.24, 2.45) is 0 Å². The van der Waals surface area contributed by atoms with Crippen LogP contribution in [0.4, 0.5) is 0 Å². The van der Waals surface area contributed by atoms with Crippen LogP contribution in [0.2, 0.25) is 0 Å². The van der Waals surface area contributed by atoms with Gasteiger partial charge in [-0.15, -0.1) is 11.3 Å². The van der Waals surface area contributed by atoms with Crippen molar-refractivity contribution in [2.75, 3.05) is 13.7 Å². The van der Waals surface area contributed by atoms with Gasteiger partial charge >= 0.3 is 11.9 Å². The Morgan fingerprint density at radius 2 is 2.03 bits per heavy atom. The van der Waals surface area contributed by atoms with Crippen molar-refractivity contribution in [2.45, 2.75) is 45.1 Å². The predicted octanol–water partition coefficient (Wildman–Crippen LogP) is 3.51. The van der Waals surface area contributed by atoms with Crippen LogP contribution >= 0.6 is 11.3 Å². The molecule has 2 atom stereocenters. The lowest BCUT2D eigenvalue weighted by molar-refractivity contribution is -0.145. The van der Waals surface area contributed by atoms with Gasteiger partial charge in [-0.2, -0.15) is 0 Å². The Morgan fingerprint density at radius 1 is 1.29 bits per heavy atom. The van der Waals surface area contributed by atoms with Crippen molar-refractivity contribution in [1.29, 1.82) is 0 Å². The summed E-state index contributed by atoms with van der Waals surface area (Å²) in [6, 6.07) is 8.05. The topological polar surface area (TPSA) is 87.5 Å². The number of ether oxygens (including phenoxy) is 2. The smallest absolute Gasteiger partial charge is 0.333 e. The Kier molecular flexibility index (Phi) is 5.91. The molecule has 0 saturated carbocycles. The number of aromatic nitrogens is 2. The zero-order valence-corrected chi connectivity index (χ0v) is 18.5. The standard InChI is InChI=1S/C23H24N2O5S/c1-4-30-22(27)15-11-8-12-16-17(15)18-20(31-16)24-13(2)25(21(18)26)19(23(28)29-3)14-9-6-5-7-10-14/h5-7,9-10,15,19H,4,8,11-12H2,1-3H3. The molecule has 0 bridgehead atoms. The largest absolute Gasteiger partial charge is 0.467 e. The average molecular weight is 441 g/mol. The van der Waals surface area contributed by atoms with E-state index in [2.05, 4.69) is 4.98 Å². The predicted molar refractivity (Wildman–Crippen MR) is 118 cm³/mol. The number of carbonyl (C=O) groups is 2. The zero-order chi connectivity index (χ0) is 22.1. The van der Waals surface area contributed by atoms with E-state index >= 15 is 0 Å². The van der Waals surface area contributed by atoms with Gasteiger partial charge in [0.05, 0.1) is 25.0 Å². The lowest BCUT2D eigenvalue weighted by Crippen LogP contribution is -2.34. The van der Waals surface area contributed by atoms with E-state index in [-0.39, 0.29) is 18.1 Å². The first kappa shape index (κ1) is 21.2. The third-order valence-electron chi connectivity index (χ3n) is 5.66. The monoisotopic (exact) mass is 440 g/mol. The molecular weight excluding hydrogens is 416 g/mol. The second-order valence-electron chi connectivity index (χ2n) is 7.49. The van der Waals surface area contributed by atoms with E-state index in [0.717, 1.165) is 17.7 Å². The van der Waals surface area contributed by atoms with Crippen molar-refractivity contribution in [1.82, 2.24) is 9.55 Å². The number of esters is 2. The molecule has 7 nitrogen and oxygen atoms in total. The van der Waals surface area contributed by atoms with Crippen molar-refractivity contribution in [3.63, 3.8) is 0 Å². The minimum absolute atomic E-state index is 0.284. The Labute approximate surface area is 183 Å². The lowest BCUT2D eigenvalue weighted by Gasteiger charge is -2.22. The molecule has 8 heteroatoms. The number of hydrogen-bond acceptors (Lipinski definition) is 7. The highest BCUT2D eigenvalue weighted by atomic mass is 32.1. The van der Waals surface area contributed by atoms with E-state index in [1.54, 1.807) is 38.1 Å². The molecule has 1 aliphatic rings. The molecule has 2 aromatic heterocycles. The minimum atomic E-state index is -0.962. The van der Waals surface area contributed by atoms with E-state index in [1.807, 2.05) is 6.07 Å². The van der Waals surface area contributed by atoms with Crippen molar-refractivity contribution >= 4 is 33.5 Å². The molecule has 0 saturated heterocycles. The van der Waals surface area contributed by atoms with Gasteiger partial charge in [0.25, 0.3) is 5.56 Å². The second kappa shape index (κ2) is 8.63. The summed E-state index contributed by atoms with van der Waals surface area (Å²) in [5.41, 5.74) is 1.01. The highest BCUT2D eigenvalue weighted by Crippen LogP contribution is 2.41. The summed E-state index contributed by atoms with van der Waals surface area (Å²) in [7, 11) is 1.30. The first-order valence-corrected chi connectivity index (χ1v) is 11.1. The summed E-state index contributed by atoms with van der Waals surface area (Å²) in [4.78, 5) is 45.5. The maximum Gasteiger partial charge on any atom is 0.333 e. The van der Waals surface area contributed by atoms with Gasteiger partial charge in [0.15, 0.2) is 6.04 Å². The van der Waals surface area contributed by atoms with Crippen LogP contribution in [0.1, 0.15) is 53.6 Å². The number of fused-ring (bicyclic) bond motifs is 3. The molecule has 162 valence electrons. The van der Waals surface area contributed by atoms with Crippen molar-refractivity contribution in [3.8, 4) is 0 Å². The number of thiophene rings is 1. The molecule has 2 unspecified atom stereocenters. The van der Waals surface area contributed by atoms with Gasteiger partial charge in [0.2, 0.25) is 0 Å². The Hall–Kier alpha value is -3.00.